The second-order valence-corrected chi connectivity index (χ2v) is 4.42. The van der Waals surface area contributed by atoms with Crippen LogP contribution in [-0.4, -0.2) is 31.7 Å². The Morgan fingerprint density at radius 1 is 1.56 bits per heavy atom. The van der Waals surface area contributed by atoms with Crippen LogP contribution in [-0.2, 0) is 9.53 Å². The molecule has 1 amide bonds. The molecule has 16 heavy (non-hydrogen) atoms. The van der Waals surface area contributed by atoms with Gasteiger partial charge in [0.25, 0.3) is 0 Å². The van der Waals surface area contributed by atoms with Crippen molar-refractivity contribution in [2.75, 3.05) is 13.7 Å². The number of carbonyl (C=O) groups is 1. The van der Waals surface area contributed by atoms with Crippen molar-refractivity contribution in [3.8, 4) is 0 Å². The van der Waals surface area contributed by atoms with E-state index in [1.165, 1.54) is 0 Å². The monoisotopic (exact) mass is 250 g/mol. The standard InChI is InChI=1S/C11H22N2O2.ClH/c1-8(15-2)7-13-11(14)9-4-3-5-10(12)6-9;/h8-10H,3-7,12H2,1-2H3,(H,13,14);1H. The van der Waals surface area contributed by atoms with E-state index in [0.29, 0.717) is 6.54 Å². The van der Waals surface area contributed by atoms with Crippen LogP contribution < -0.4 is 11.1 Å². The second kappa shape index (κ2) is 7.87. The maximum absolute atomic E-state index is 11.7. The Bertz CT molecular complexity index is 214. The van der Waals surface area contributed by atoms with Crippen molar-refractivity contribution in [2.45, 2.75) is 44.8 Å². The molecular weight excluding hydrogens is 228 g/mol. The van der Waals surface area contributed by atoms with Crippen LogP contribution in [0.1, 0.15) is 32.6 Å². The first-order valence-electron chi connectivity index (χ1n) is 5.69. The molecule has 0 aliphatic heterocycles. The number of rotatable bonds is 4. The molecule has 0 aromatic rings. The fourth-order valence-electron chi connectivity index (χ4n) is 1.94. The zero-order valence-electron chi connectivity index (χ0n) is 10.1. The number of halogens is 1. The summed E-state index contributed by atoms with van der Waals surface area (Å²) < 4.78 is 5.07. The van der Waals surface area contributed by atoms with Crippen LogP contribution in [0.3, 0.4) is 0 Å². The highest BCUT2D eigenvalue weighted by Crippen LogP contribution is 2.22. The Labute approximate surface area is 104 Å². The molecule has 4 nitrogen and oxygen atoms in total. The number of methoxy groups -OCH3 is 1. The third kappa shape index (κ3) is 5.14. The number of ether oxygens (including phenoxy) is 1. The van der Waals surface area contributed by atoms with Crippen molar-refractivity contribution >= 4 is 18.3 Å². The van der Waals surface area contributed by atoms with Crippen molar-refractivity contribution in [3.05, 3.63) is 0 Å². The molecular formula is C11H23ClN2O2. The number of nitrogens with two attached hydrogens (primary N) is 1. The van der Waals surface area contributed by atoms with Crippen molar-refractivity contribution < 1.29 is 9.53 Å². The van der Waals surface area contributed by atoms with Crippen molar-refractivity contribution in [1.29, 1.82) is 0 Å². The Morgan fingerprint density at radius 3 is 2.81 bits per heavy atom. The van der Waals surface area contributed by atoms with Crippen molar-refractivity contribution in [2.24, 2.45) is 11.7 Å². The molecule has 0 bridgehead atoms. The lowest BCUT2D eigenvalue weighted by atomic mass is 9.85. The first-order valence-corrected chi connectivity index (χ1v) is 5.69. The average Bonchev–Trinajstić information content (AvgIpc) is 2.25. The largest absolute Gasteiger partial charge is 0.380 e. The van der Waals surface area contributed by atoms with E-state index in [4.69, 9.17) is 10.5 Å². The molecule has 1 saturated carbocycles. The zero-order valence-corrected chi connectivity index (χ0v) is 10.9. The van der Waals surface area contributed by atoms with E-state index in [9.17, 15) is 4.79 Å². The SMILES string of the molecule is COC(C)CNC(=O)C1CCCC(N)C1.Cl. The summed E-state index contributed by atoms with van der Waals surface area (Å²) >= 11 is 0. The van der Waals surface area contributed by atoms with Gasteiger partial charge in [-0.3, -0.25) is 4.79 Å². The fourth-order valence-corrected chi connectivity index (χ4v) is 1.94. The molecule has 3 atom stereocenters. The minimum absolute atomic E-state index is 0. The molecule has 1 fully saturated rings. The topological polar surface area (TPSA) is 64.3 Å². The zero-order chi connectivity index (χ0) is 11.3. The molecule has 0 saturated heterocycles. The summed E-state index contributed by atoms with van der Waals surface area (Å²) in [6.07, 6.45) is 4.00. The quantitative estimate of drug-likeness (QED) is 0.785. The molecule has 1 aliphatic rings. The lowest BCUT2D eigenvalue weighted by Gasteiger charge is -2.26. The molecule has 0 heterocycles. The molecule has 5 heteroatoms. The highest BCUT2D eigenvalue weighted by Gasteiger charge is 2.25. The normalized spacial score (nSPS) is 26.7. The summed E-state index contributed by atoms with van der Waals surface area (Å²) in [5, 5.41) is 2.90. The van der Waals surface area contributed by atoms with E-state index in [-0.39, 0.29) is 36.4 Å². The van der Waals surface area contributed by atoms with Gasteiger partial charge in [-0.15, -0.1) is 12.4 Å². The summed E-state index contributed by atoms with van der Waals surface area (Å²) in [7, 11) is 1.65. The Morgan fingerprint density at radius 2 is 2.25 bits per heavy atom. The third-order valence-electron chi connectivity index (χ3n) is 3.05. The number of hydrogen-bond acceptors (Lipinski definition) is 3. The molecule has 0 aromatic carbocycles. The van der Waals surface area contributed by atoms with Crippen LogP contribution in [0.25, 0.3) is 0 Å². The summed E-state index contributed by atoms with van der Waals surface area (Å²) in [6, 6.07) is 0.203. The first-order chi connectivity index (χ1) is 7.13. The first kappa shape index (κ1) is 15.7. The highest BCUT2D eigenvalue weighted by molar-refractivity contribution is 5.85. The smallest absolute Gasteiger partial charge is 0.223 e. The van der Waals surface area contributed by atoms with Crippen LogP contribution in [0.15, 0.2) is 0 Å². The highest BCUT2D eigenvalue weighted by atomic mass is 35.5. The van der Waals surface area contributed by atoms with E-state index >= 15 is 0 Å². The summed E-state index contributed by atoms with van der Waals surface area (Å²) in [5.41, 5.74) is 5.84. The number of hydrogen-bond donors (Lipinski definition) is 2. The molecule has 3 unspecified atom stereocenters. The lowest BCUT2D eigenvalue weighted by molar-refractivity contribution is -0.126. The van der Waals surface area contributed by atoms with Gasteiger partial charge in [-0.05, 0) is 26.2 Å². The summed E-state index contributed by atoms with van der Waals surface area (Å²) in [4.78, 5) is 11.7. The maximum atomic E-state index is 11.7. The molecule has 0 aromatic heterocycles. The van der Waals surface area contributed by atoms with E-state index in [0.717, 1.165) is 25.7 Å². The molecule has 1 rings (SSSR count). The predicted molar refractivity (Wildman–Crippen MR) is 66.7 cm³/mol. The van der Waals surface area contributed by atoms with Gasteiger partial charge in [0, 0.05) is 25.6 Å². The van der Waals surface area contributed by atoms with Crippen LogP contribution in [0.5, 0.6) is 0 Å². The fraction of sp³-hybridized carbons (Fsp3) is 0.909. The van der Waals surface area contributed by atoms with Gasteiger partial charge in [-0.25, -0.2) is 0 Å². The Balaban J connectivity index is 0.00000225. The summed E-state index contributed by atoms with van der Waals surface area (Å²) in [5.74, 6) is 0.242. The molecule has 0 spiro atoms. The molecule has 0 radical (unpaired) electrons. The third-order valence-corrected chi connectivity index (χ3v) is 3.05. The number of carbonyl (C=O) groups excluding carboxylic acids is 1. The molecule has 3 N–H and O–H groups in total. The van der Waals surface area contributed by atoms with E-state index in [2.05, 4.69) is 5.32 Å². The minimum atomic E-state index is 0. The van der Waals surface area contributed by atoms with Crippen LogP contribution in [0.4, 0.5) is 0 Å². The average molecular weight is 251 g/mol. The molecule has 96 valence electrons. The minimum Gasteiger partial charge on any atom is -0.380 e. The van der Waals surface area contributed by atoms with Crippen LogP contribution in [0, 0.1) is 5.92 Å². The summed E-state index contributed by atoms with van der Waals surface area (Å²) in [6.45, 7) is 2.52. The van der Waals surface area contributed by atoms with Gasteiger partial charge in [0.1, 0.15) is 0 Å². The van der Waals surface area contributed by atoms with E-state index in [1.807, 2.05) is 6.92 Å². The predicted octanol–water partition coefficient (Wildman–Crippen LogP) is 1.08. The van der Waals surface area contributed by atoms with Crippen LogP contribution >= 0.6 is 12.4 Å². The van der Waals surface area contributed by atoms with E-state index in [1.54, 1.807) is 7.11 Å². The van der Waals surface area contributed by atoms with Gasteiger partial charge in [-0.1, -0.05) is 6.42 Å². The Kier molecular flexibility index (Phi) is 7.72. The van der Waals surface area contributed by atoms with Gasteiger partial charge < -0.3 is 15.8 Å². The van der Waals surface area contributed by atoms with Crippen molar-refractivity contribution in [3.63, 3.8) is 0 Å². The lowest BCUT2D eigenvalue weighted by Crippen LogP contribution is -2.40. The van der Waals surface area contributed by atoms with Gasteiger partial charge in [0.05, 0.1) is 6.10 Å². The van der Waals surface area contributed by atoms with Gasteiger partial charge in [-0.2, -0.15) is 0 Å². The number of amides is 1. The molecule has 1 aliphatic carbocycles. The number of nitrogens with one attached hydrogen (secondary N) is 1. The van der Waals surface area contributed by atoms with Crippen LogP contribution in [0.2, 0.25) is 0 Å². The van der Waals surface area contributed by atoms with E-state index < -0.39 is 0 Å². The maximum Gasteiger partial charge on any atom is 0.223 e. The Hall–Kier alpha value is -0.320. The van der Waals surface area contributed by atoms with Gasteiger partial charge in [0.15, 0.2) is 0 Å². The second-order valence-electron chi connectivity index (χ2n) is 4.42. The van der Waals surface area contributed by atoms with Gasteiger partial charge >= 0.3 is 0 Å². The van der Waals surface area contributed by atoms with Gasteiger partial charge in [0.2, 0.25) is 5.91 Å². The van der Waals surface area contributed by atoms with Crippen molar-refractivity contribution in [1.82, 2.24) is 5.32 Å².